The van der Waals surface area contributed by atoms with Gasteiger partial charge >= 0.3 is 6.18 Å². The van der Waals surface area contributed by atoms with Crippen LogP contribution in [0.4, 0.5) is 18.9 Å². The molecular formula is C13H18ClF3N2OS. The summed E-state index contributed by atoms with van der Waals surface area (Å²) in [6.07, 6.45) is -3.51. The highest BCUT2D eigenvalue weighted by atomic mass is 35.5. The van der Waals surface area contributed by atoms with E-state index >= 15 is 0 Å². The number of amides is 1. The van der Waals surface area contributed by atoms with Crippen molar-refractivity contribution in [2.75, 3.05) is 16.8 Å². The van der Waals surface area contributed by atoms with Gasteiger partial charge in [0.05, 0.1) is 11.3 Å². The number of benzene rings is 1. The van der Waals surface area contributed by atoms with Crippen molar-refractivity contribution >= 4 is 35.8 Å². The molecule has 0 atom stereocenters. The summed E-state index contributed by atoms with van der Waals surface area (Å²) in [7, 11) is 0. The van der Waals surface area contributed by atoms with Gasteiger partial charge in [-0.05, 0) is 35.9 Å². The lowest BCUT2D eigenvalue weighted by Gasteiger charge is -2.12. The van der Waals surface area contributed by atoms with E-state index in [1.165, 1.54) is 17.8 Å². The summed E-state index contributed by atoms with van der Waals surface area (Å²) in [5.41, 5.74) is 5.02. The molecule has 1 aromatic carbocycles. The number of carbonyl (C=O) groups is 1. The number of nitrogens with one attached hydrogen (secondary N) is 1. The van der Waals surface area contributed by atoms with Crippen LogP contribution in [0.1, 0.15) is 24.5 Å². The van der Waals surface area contributed by atoms with Crippen LogP contribution >= 0.6 is 24.2 Å². The van der Waals surface area contributed by atoms with Crippen molar-refractivity contribution in [1.29, 1.82) is 0 Å². The van der Waals surface area contributed by atoms with E-state index in [9.17, 15) is 18.0 Å². The van der Waals surface area contributed by atoms with Crippen molar-refractivity contribution in [2.24, 2.45) is 5.73 Å². The molecule has 0 aromatic heterocycles. The second-order valence-electron chi connectivity index (χ2n) is 4.22. The van der Waals surface area contributed by atoms with Crippen molar-refractivity contribution in [2.45, 2.75) is 26.1 Å². The average Bonchev–Trinajstić information content (AvgIpc) is 2.37. The summed E-state index contributed by atoms with van der Waals surface area (Å²) in [6.45, 7) is 1.97. The zero-order valence-corrected chi connectivity index (χ0v) is 13.1. The third kappa shape index (κ3) is 7.06. The van der Waals surface area contributed by atoms with Gasteiger partial charge in [0.25, 0.3) is 0 Å². The quantitative estimate of drug-likeness (QED) is 0.776. The summed E-state index contributed by atoms with van der Waals surface area (Å²) in [4.78, 5) is 11.6. The van der Waals surface area contributed by atoms with Crippen molar-refractivity contribution in [3.05, 3.63) is 29.3 Å². The smallest absolute Gasteiger partial charge is 0.326 e. The van der Waals surface area contributed by atoms with Crippen LogP contribution in [0.15, 0.2) is 18.2 Å². The van der Waals surface area contributed by atoms with E-state index in [1.54, 1.807) is 0 Å². The standard InChI is InChI=1S/C13H17F3N2OS.ClH/c1-2-3-20-8-12(19)18-11-5-9(7-17)4-10(6-11)13(14,15)16;/h4-6H,2-3,7-8,17H2,1H3,(H,18,19);1H. The second-order valence-corrected chi connectivity index (χ2v) is 5.33. The monoisotopic (exact) mass is 342 g/mol. The van der Waals surface area contributed by atoms with Gasteiger partial charge in [-0.3, -0.25) is 4.79 Å². The van der Waals surface area contributed by atoms with E-state index in [0.29, 0.717) is 5.56 Å². The fraction of sp³-hybridized carbons (Fsp3) is 0.462. The number of anilines is 1. The van der Waals surface area contributed by atoms with Crippen LogP contribution in [0.3, 0.4) is 0 Å². The summed E-state index contributed by atoms with van der Waals surface area (Å²) in [5.74, 6) is 0.747. The highest BCUT2D eigenvalue weighted by Gasteiger charge is 2.31. The zero-order chi connectivity index (χ0) is 15.2. The lowest BCUT2D eigenvalue weighted by Crippen LogP contribution is -2.16. The first-order valence-corrected chi connectivity index (χ1v) is 7.31. The average molecular weight is 343 g/mol. The molecule has 0 bridgehead atoms. The van der Waals surface area contributed by atoms with Gasteiger partial charge in [0.15, 0.2) is 0 Å². The number of carbonyl (C=O) groups excluding carboxylic acids is 1. The molecule has 21 heavy (non-hydrogen) atoms. The van der Waals surface area contributed by atoms with Gasteiger partial charge in [-0.25, -0.2) is 0 Å². The van der Waals surface area contributed by atoms with Gasteiger partial charge < -0.3 is 11.1 Å². The molecule has 0 fully saturated rings. The van der Waals surface area contributed by atoms with Crippen molar-refractivity contribution in [1.82, 2.24) is 0 Å². The first-order valence-electron chi connectivity index (χ1n) is 6.15. The van der Waals surface area contributed by atoms with Gasteiger partial charge in [-0.2, -0.15) is 24.9 Å². The second kappa shape index (κ2) is 9.17. The van der Waals surface area contributed by atoms with E-state index in [0.717, 1.165) is 24.3 Å². The number of alkyl halides is 3. The maximum atomic E-state index is 12.7. The third-order valence-electron chi connectivity index (χ3n) is 2.42. The molecule has 120 valence electrons. The molecule has 0 saturated heterocycles. The summed E-state index contributed by atoms with van der Waals surface area (Å²) < 4.78 is 38.1. The van der Waals surface area contributed by atoms with E-state index in [1.807, 2.05) is 6.92 Å². The van der Waals surface area contributed by atoms with Crippen LogP contribution in [0.25, 0.3) is 0 Å². The first kappa shape index (κ1) is 20.1. The van der Waals surface area contributed by atoms with Gasteiger partial charge in [0.2, 0.25) is 5.91 Å². The fourth-order valence-electron chi connectivity index (χ4n) is 1.55. The summed E-state index contributed by atoms with van der Waals surface area (Å²) in [5, 5.41) is 2.47. The predicted molar refractivity (Wildman–Crippen MR) is 82.8 cm³/mol. The Kier molecular flexibility index (Phi) is 8.77. The Labute approximate surface area is 132 Å². The Hall–Kier alpha value is -0.920. The minimum atomic E-state index is -4.46. The summed E-state index contributed by atoms with van der Waals surface area (Å²) in [6, 6.07) is 3.36. The van der Waals surface area contributed by atoms with Crippen molar-refractivity contribution < 1.29 is 18.0 Å². The van der Waals surface area contributed by atoms with Gasteiger partial charge in [0, 0.05) is 12.2 Å². The zero-order valence-electron chi connectivity index (χ0n) is 11.5. The first-order chi connectivity index (χ1) is 9.36. The van der Waals surface area contributed by atoms with Crippen LogP contribution in [-0.2, 0) is 17.5 Å². The maximum Gasteiger partial charge on any atom is 0.416 e. The Balaban J connectivity index is 0.00000400. The molecule has 0 aliphatic heterocycles. The molecule has 0 unspecified atom stereocenters. The molecule has 8 heteroatoms. The van der Waals surface area contributed by atoms with E-state index < -0.39 is 11.7 Å². The largest absolute Gasteiger partial charge is 0.416 e. The molecule has 0 radical (unpaired) electrons. The van der Waals surface area contributed by atoms with Crippen LogP contribution < -0.4 is 11.1 Å². The van der Waals surface area contributed by atoms with Crippen LogP contribution in [-0.4, -0.2) is 17.4 Å². The Morgan fingerprint density at radius 2 is 2.00 bits per heavy atom. The number of nitrogens with two attached hydrogens (primary N) is 1. The molecule has 3 N–H and O–H groups in total. The molecule has 0 saturated carbocycles. The molecule has 0 aliphatic carbocycles. The van der Waals surface area contributed by atoms with Crippen LogP contribution in [0, 0.1) is 0 Å². The molecule has 0 heterocycles. The normalized spacial score (nSPS) is 10.9. The molecule has 1 aromatic rings. The van der Waals surface area contributed by atoms with Gasteiger partial charge in [-0.1, -0.05) is 6.92 Å². The Morgan fingerprint density at radius 3 is 2.52 bits per heavy atom. The molecule has 3 nitrogen and oxygen atoms in total. The number of halogens is 4. The fourth-order valence-corrected chi connectivity index (χ4v) is 2.24. The van der Waals surface area contributed by atoms with Crippen LogP contribution in [0.2, 0.25) is 0 Å². The minimum absolute atomic E-state index is 0. The maximum absolute atomic E-state index is 12.7. The molecule has 1 amide bonds. The molecule has 1 rings (SSSR count). The molecular weight excluding hydrogens is 325 g/mol. The topological polar surface area (TPSA) is 55.1 Å². The number of hydrogen-bond donors (Lipinski definition) is 2. The number of thioether (sulfide) groups is 1. The predicted octanol–water partition coefficient (Wildman–Crippen LogP) is 3.67. The van der Waals surface area contributed by atoms with Crippen LogP contribution in [0.5, 0.6) is 0 Å². The Bertz CT molecular complexity index is 469. The van der Waals surface area contributed by atoms with E-state index in [2.05, 4.69) is 5.32 Å². The SMILES string of the molecule is CCCSCC(=O)Nc1cc(CN)cc(C(F)(F)F)c1.Cl. The minimum Gasteiger partial charge on any atom is -0.326 e. The van der Waals surface area contributed by atoms with Gasteiger partial charge in [-0.15, -0.1) is 12.4 Å². The van der Waals surface area contributed by atoms with Gasteiger partial charge in [0.1, 0.15) is 0 Å². The van der Waals surface area contributed by atoms with E-state index in [-0.39, 0.29) is 36.3 Å². The van der Waals surface area contributed by atoms with Crippen molar-refractivity contribution in [3.8, 4) is 0 Å². The van der Waals surface area contributed by atoms with E-state index in [4.69, 9.17) is 5.73 Å². The number of rotatable bonds is 6. The molecule has 0 spiro atoms. The highest BCUT2D eigenvalue weighted by molar-refractivity contribution is 7.99. The van der Waals surface area contributed by atoms with Crippen molar-refractivity contribution in [3.63, 3.8) is 0 Å². The number of hydrogen-bond acceptors (Lipinski definition) is 3. The molecule has 0 aliphatic rings. The lowest BCUT2D eigenvalue weighted by atomic mass is 10.1. The Morgan fingerprint density at radius 1 is 1.33 bits per heavy atom. The summed E-state index contributed by atoms with van der Waals surface area (Å²) >= 11 is 1.44. The highest BCUT2D eigenvalue weighted by Crippen LogP contribution is 2.32. The third-order valence-corrected chi connectivity index (χ3v) is 3.58. The lowest BCUT2D eigenvalue weighted by molar-refractivity contribution is -0.137.